The minimum Gasteiger partial charge on any atom is -0.497 e. The number of nitrogen functional groups attached to an aromatic ring is 1. The zero-order valence-electron chi connectivity index (χ0n) is 9.72. The Balaban J connectivity index is 2.08. The summed E-state index contributed by atoms with van der Waals surface area (Å²) < 4.78 is 5.20. The van der Waals surface area contributed by atoms with Crippen molar-refractivity contribution in [1.82, 2.24) is 0 Å². The molecule has 2 aromatic carbocycles. The lowest BCUT2D eigenvalue weighted by molar-refractivity contribution is 0.414. The molecule has 0 unspecified atom stereocenters. The molecule has 0 fully saturated rings. The van der Waals surface area contributed by atoms with Gasteiger partial charge in [-0.2, -0.15) is 0 Å². The summed E-state index contributed by atoms with van der Waals surface area (Å²) in [6, 6.07) is 16.1. The summed E-state index contributed by atoms with van der Waals surface area (Å²) in [4.78, 5) is 1.25. The van der Waals surface area contributed by atoms with Crippen LogP contribution in [0.3, 0.4) is 0 Å². The molecule has 0 heterocycles. The minimum absolute atomic E-state index is 0.814. The van der Waals surface area contributed by atoms with Crippen LogP contribution in [0.5, 0.6) is 5.75 Å². The Hall–Kier alpha value is -1.61. The quantitative estimate of drug-likeness (QED) is 0.660. The number of anilines is 1. The van der Waals surface area contributed by atoms with Crippen molar-refractivity contribution >= 4 is 17.4 Å². The zero-order valence-corrected chi connectivity index (χ0v) is 10.5. The Labute approximate surface area is 106 Å². The fraction of sp³-hybridized carbons (Fsp3) is 0.143. The normalized spacial score (nSPS) is 10.2. The average molecular weight is 245 g/mol. The van der Waals surface area contributed by atoms with Crippen LogP contribution in [0.1, 0.15) is 5.56 Å². The molecule has 0 aliphatic rings. The lowest BCUT2D eigenvalue weighted by atomic mass is 10.2. The third kappa shape index (κ3) is 3.17. The standard InChI is InChI=1S/C14H15NOS/c1-16-12-7-8-14(15)11(9-12)10-17-13-5-3-2-4-6-13/h2-9H,10,15H2,1H3. The van der Waals surface area contributed by atoms with E-state index < -0.39 is 0 Å². The number of thioether (sulfide) groups is 1. The highest BCUT2D eigenvalue weighted by molar-refractivity contribution is 7.98. The fourth-order valence-corrected chi connectivity index (χ4v) is 2.43. The first-order chi connectivity index (χ1) is 8.29. The van der Waals surface area contributed by atoms with E-state index >= 15 is 0 Å². The molecule has 0 atom stereocenters. The number of rotatable bonds is 4. The van der Waals surface area contributed by atoms with E-state index in [1.54, 1.807) is 18.9 Å². The first-order valence-electron chi connectivity index (χ1n) is 5.40. The number of nitrogens with two attached hydrogens (primary N) is 1. The maximum Gasteiger partial charge on any atom is 0.119 e. The van der Waals surface area contributed by atoms with Gasteiger partial charge in [-0.05, 0) is 35.9 Å². The number of benzene rings is 2. The Morgan fingerprint density at radius 2 is 1.88 bits per heavy atom. The fourth-order valence-electron chi connectivity index (χ4n) is 1.51. The van der Waals surface area contributed by atoms with Gasteiger partial charge in [0.1, 0.15) is 5.75 Å². The molecule has 0 aliphatic carbocycles. The van der Waals surface area contributed by atoms with Gasteiger partial charge in [-0.1, -0.05) is 18.2 Å². The van der Waals surface area contributed by atoms with Crippen LogP contribution in [0.2, 0.25) is 0 Å². The molecule has 2 aromatic rings. The van der Waals surface area contributed by atoms with Gasteiger partial charge >= 0.3 is 0 Å². The second-order valence-electron chi connectivity index (χ2n) is 3.67. The number of hydrogen-bond donors (Lipinski definition) is 1. The van der Waals surface area contributed by atoms with Gasteiger partial charge in [-0.15, -0.1) is 11.8 Å². The molecule has 3 heteroatoms. The SMILES string of the molecule is COc1ccc(N)c(CSc2ccccc2)c1. The van der Waals surface area contributed by atoms with Crippen molar-refractivity contribution in [2.75, 3.05) is 12.8 Å². The Kier molecular flexibility index (Phi) is 3.94. The highest BCUT2D eigenvalue weighted by Crippen LogP contribution is 2.27. The summed E-state index contributed by atoms with van der Waals surface area (Å²) in [5, 5.41) is 0. The van der Waals surface area contributed by atoms with E-state index in [0.29, 0.717) is 0 Å². The molecular weight excluding hydrogens is 230 g/mol. The van der Waals surface area contributed by atoms with Crippen LogP contribution in [0.15, 0.2) is 53.4 Å². The minimum atomic E-state index is 0.814. The summed E-state index contributed by atoms with van der Waals surface area (Å²) in [6.45, 7) is 0. The molecule has 2 N–H and O–H groups in total. The Morgan fingerprint density at radius 3 is 2.59 bits per heavy atom. The molecule has 17 heavy (non-hydrogen) atoms. The third-order valence-electron chi connectivity index (χ3n) is 2.49. The molecule has 0 aliphatic heterocycles. The number of methoxy groups -OCH3 is 1. The average Bonchev–Trinajstić information content (AvgIpc) is 2.39. The molecule has 0 saturated carbocycles. The molecule has 0 saturated heterocycles. The molecule has 2 nitrogen and oxygen atoms in total. The Morgan fingerprint density at radius 1 is 1.12 bits per heavy atom. The molecule has 0 radical (unpaired) electrons. The van der Waals surface area contributed by atoms with E-state index in [0.717, 1.165) is 22.8 Å². The van der Waals surface area contributed by atoms with Gasteiger partial charge in [-0.25, -0.2) is 0 Å². The van der Waals surface area contributed by atoms with Gasteiger partial charge in [0.05, 0.1) is 7.11 Å². The van der Waals surface area contributed by atoms with Crippen LogP contribution >= 0.6 is 11.8 Å². The van der Waals surface area contributed by atoms with E-state index in [2.05, 4.69) is 12.1 Å². The highest BCUT2D eigenvalue weighted by atomic mass is 32.2. The molecule has 0 aromatic heterocycles. The van der Waals surface area contributed by atoms with E-state index in [9.17, 15) is 0 Å². The maximum atomic E-state index is 5.94. The maximum absolute atomic E-state index is 5.94. The predicted octanol–water partition coefficient (Wildman–Crippen LogP) is 3.57. The van der Waals surface area contributed by atoms with Gasteiger partial charge < -0.3 is 10.5 Å². The van der Waals surface area contributed by atoms with Gasteiger partial charge in [0.25, 0.3) is 0 Å². The van der Waals surface area contributed by atoms with Crippen molar-refractivity contribution in [3.63, 3.8) is 0 Å². The van der Waals surface area contributed by atoms with Crippen molar-refractivity contribution in [1.29, 1.82) is 0 Å². The summed E-state index contributed by atoms with van der Waals surface area (Å²) in [7, 11) is 1.67. The number of hydrogen-bond acceptors (Lipinski definition) is 3. The molecule has 88 valence electrons. The van der Waals surface area contributed by atoms with Crippen molar-refractivity contribution in [2.45, 2.75) is 10.6 Å². The van der Waals surface area contributed by atoms with Crippen LogP contribution in [0.25, 0.3) is 0 Å². The monoisotopic (exact) mass is 245 g/mol. The molecule has 0 amide bonds. The second kappa shape index (κ2) is 5.64. The largest absolute Gasteiger partial charge is 0.497 e. The smallest absolute Gasteiger partial charge is 0.119 e. The van der Waals surface area contributed by atoms with E-state index in [1.165, 1.54) is 4.90 Å². The van der Waals surface area contributed by atoms with Crippen molar-refractivity contribution in [3.8, 4) is 5.75 Å². The first kappa shape index (κ1) is 11.9. The Bertz CT molecular complexity index is 485. The summed E-state index contributed by atoms with van der Waals surface area (Å²) in [5.74, 6) is 1.70. The van der Waals surface area contributed by atoms with Crippen molar-refractivity contribution in [2.24, 2.45) is 0 Å². The van der Waals surface area contributed by atoms with Gasteiger partial charge in [-0.3, -0.25) is 0 Å². The predicted molar refractivity (Wildman–Crippen MR) is 73.4 cm³/mol. The molecular formula is C14H15NOS. The zero-order chi connectivity index (χ0) is 12.1. The van der Waals surface area contributed by atoms with Crippen LogP contribution in [0.4, 0.5) is 5.69 Å². The van der Waals surface area contributed by atoms with E-state index in [-0.39, 0.29) is 0 Å². The topological polar surface area (TPSA) is 35.2 Å². The molecule has 0 bridgehead atoms. The molecule has 0 spiro atoms. The summed E-state index contributed by atoms with van der Waals surface area (Å²) in [6.07, 6.45) is 0. The third-order valence-corrected chi connectivity index (χ3v) is 3.55. The van der Waals surface area contributed by atoms with Crippen LogP contribution < -0.4 is 10.5 Å². The van der Waals surface area contributed by atoms with Gasteiger partial charge in [0.2, 0.25) is 0 Å². The lowest BCUT2D eigenvalue weighted by Gasteiger charge is -2.08. The van der Waals surface area contributed by atoms with Gasteiger partial charge in [0.15, 0.2) is 0 Å². The van der Waals surface area contributed by atoms with Crippen LogP contribution in [-0.2, 0) is 5.75 Å². The highest BCUT2D eigenvalue weighted by Gasteiger charge is 2.02. The van der Waals surface area contributed by atoms with Gasteiger partial charge in [0, 0.05) is 16.3 Å². The van der Waals surface area contributed by atoms with E-state index in [4.69, 9.17) is 10.5 Å². The van der Waals surface area contributed by atoms with Crippen LogP contribution in [0, 0.1) is 0 Å². The molecule has 2 rings (SSSR count). The number of ether oxygens (including phenoxy) is 1. The summed E-state index contributed by atoms with van der Waals surface area (Å²) in [5.41, 5.74) is 7.86. The van der Waals surface area contributed by atoms with Crippen molar-refractivity contribution < 1.29 is 4.74 Å². The second-order valence-corrected chi connectivity index (χ2v) is 4.72. The lowest BCUT2D eigenvalue weighted by Crippen LogP contribution is -1.94. The first-order valence-corrected chi connectivity index (χ1v) is 6.38. The van der Waals surface area contributed by atoms with Crippen molar-refractivity contribution in [3.05, 3.63) is 54.1 Å². The summed E-state index contributed by atoms with van der Waals surface area (Å²) >= 11 is 1.77. The van der Waals surface area contributed by atoms with Crippen LogP contribution in [-0.4, -0.2) is 7.11 Å². The van der Waals surface area contributed by atoms with E-state index in [1.807, 2.05) is 36.4 Å².